The summed E-state index contributed by atoms with van der Waals surface area (Å²) >= 11 is 0. The summed E-state index contributed by atoms with van der Waals surface area (Å²) in [5.41, 5.74) is -5.59. The largest absolute Gasteiger partial charge is 0.498 e. The monoisotopic (exact) mass is 236 g/mol. The fourth-order valence-electron chi connectivity index (χ4n) is 0.592. The van der Waals surface area contributed by atoms with E-state index in [-0.39, 0.29) is 0 Å². The Morgan fingerprint density at radius 1 is 1.50 bits per heavy atom. The van der Waals surface area contributed by atoms with Crippen LogP contribution in [0.2, 0.25) is 0 Å². The van der Waals surface area contributed by atoms with E-state index in [1.165, 1.54) is 0 Å². The van der Waals surface area contributed by atoms with E-state index in [1.54, 1.807) is 0 Å². The van der Waals surface area contributed by atoms with Crippen molar-refractivity contribution in [2.24, 2.45) is 0 Å². The summed E-state index contributed by atoms with van der Waals surface area (Å²) in [5.74, 6) is -1.65. The third kappa shape index (κ3) is 2.35. The molecule has 1 unspecified atom stereocenters. The summed E-state index contributed by atoms with van der Waals surface area (Å²) in [7, 11) is -5.01. The molecule has 0 saturated carbocycles. The number of esters is 1. The molecule has 0 aromatic rings. The number of hydrogen-bond acceptors (Lipinski definition) is 5. The lowest BCUT2D eigenvalue weighted by Crippen LogP contribution is -2.42. The van der Waals surface area contributed by atoms with Gasteiger partial charge in [-0.15, -0.1) is 0 Å². The first kappa shape index (κ1) is 13.2. The Bertz CT molecular complexity index is 306. The Balaban J connectivity index is 5.16. The van der Waals surface area contributed by atoms with Gasteiger partial charge in [-0.1, -0.05) is 0 Å². The van der Waals surface area contributed by atoms with Crippen molar-refractivity contribution < 1.29 is 36.2 Å². The van der Waals surface area contributed by atoms with Gasteiger partial charge in [0.25, 0.3) is 9.84 Å². The van der Waals surface area contributed by atoms with E-state index in [1.807, 2.05) is 0 Å². The first-order valence-electron chi connectivity index (χ1n) is 3.17. The number of carbonyl (C=O) groups is 1. The number of methoxy groups -OCH3 is 1. The van der Waals surface area contributed by atoms with Crippen molar-refractivity contribution in [1.82, 2.24) is 0 Å². The van der Waals surface area contributed by atoms with Crippen LogP contribution in [0.5, 0.6) is 0 Å². The highest BCUT2D eigenvalue weighted by molar-refractivity contribution is 7.93. The summed E-state index contributed by atoms with van der Waals surface area (Å²) in [4.78, 5) is 10.6. The molecule has 5 nitrogen and oxygen atoms in total. The van der Waals surface area contributed by atoms with Crippen LogP contribution in [0, 0.1) is 0 Å². The van der Waals surface area contributed by atoms with Gasteiger partial charge >= 0.3 is 11.5 Å². The second-order valence-electron chi connectivity index (χ2n) is 2.19. The second kappa shape index (κ2) is 4.13. The first-order valence-corrected chi connectivity index (χ1v) is 4.72. The molecule has 0 bridgehead atoms. The standard InChI is InChI=1S/C5H7F3O5S/c1-13-4(10)3(2-9)14(11,12)5(6,7)8/h3,9H,2H2,1H3. The molecule has 0 aromatic heterocycles. The maximum absolute atomic E-state index is 11.9. The third-order valence-electron chi connectivity index (χ3n) is 1.33. The zero-order valence-corrected chi connectivity index (χ0v) is 7.72. The molecular formula is C5H7F3O5S. The SMILES string of the molecule is COC(=O)C(CO)S(=O)(=O)C(F)(F)F. The number of aliphatic hydroxyl groups excluding tert-OH is 1. The van der Waals surface area contributed by atoms with Crippen LogP contribution in [-0.4, -0.2) is 44.0 Å². The summed E-state index contributed by atoms with van der Waals surface area (Å²) in [6.45, 7) is -1.48. The smallest absolute Gasteiger partial charge is 0.468 e. The topological polar surface area (TPSA) is 80.7 Å². The average molecular weight is 236 g/mol. The van der Waals surface area contributed by atoms with E-state index in [9.17, 15) is 26.4 Å². The first-order chi connectivity index (χ1) is 6.18. The maximum atomic E-state index is 11.9. The van der Waals surface area contributed by atoms with Crippen molar-refractivity contribution in [2.45, 2.75) is 10.8 Å². The van der Waals surface area contributed by atoms with Crippen LogP contribution in [-0.2, 0) is 19.4 Å². The summed E-state index contributed by atoms with van der Waals surface area (Å²) < 4.78 is 60.6. The van der Waals surface area contributed by atoms with Crippen LogP contribution in [0.15, 0.2) is 0 Å². The van der Waals surface area contributed by atoms with Crippen molar-refractivity contribution in [3.05, 3.63) is 0 Å². The van der Waals surface area contributed by atoms with Gasteiger partial charge in [-0.25, -0.2) is 8.42 Å². The number of alkyl halides is 3. The minimum absolute atomic E-state index is 0.719. The van der Waals surface area contributed by atoms with Crippen molar-refractivity contribution in [3.63, 3.8) is 0 Å². The molecule has 84 valence electrons. The fourth-order valence-corrected chi connectivity index (χ4v) is 1.46. The third-order valence-corrected chi connectivity index (χ3v) is 3.06. The molecule has 1 N–H and O–H groups in total. The average Bonchev–Trinajstić information content (AvgIpc) is 2.02. The zero-order chi connectivity index (χ0) is 11.6. The fraction of sp³-hybridized carbons (Fsp3) is 0.800. The Labute approximate surface area is 77.4 Å². The maximum Gasteiger partial charge on any atom is 0.498 e. The molecule has 0 aromatic carbocycles. The van der Waals surface area contributed by atoms with Crippen LogP contribution < -0.4 is 0 Å². The van der Waals surface area contributed by atoms with Crippen LogP contribution in [0.1, 0.15) is 0 Å². The van der Waals surface area contributed by atoms with Gasteiger partial charge in [0.1, 0.15) is 0 Å². The number of carbonyl (C=O) groups excluding carboxylic acids is 1. The highest BCUT2D eigenvalue weighted by Gasteiger charge is 2.53. The van der Waals surface area contributed by atoms with E-state index in [4.69, 9.17) is 5.11 Å². The Hall–Kier alpha value is -0.830. The Morgan fingerprint density at radius 3 is 2.14 bits per heavy atom. The molecule has 0 aliphatic heterocycles. The predicted molar refractivity (Wildman–Crippen MR) is 37.9 cm³/mol. The number of sulfone groups is 1. The number of hydrogen-bond donors (Lipinski definition) is 1. The van der Waals surface area contributed by atoms with Gasteiger partial charge < -0.3 is 9.84 Å². The molecule has 0 spiro atoms. The van der Waals surface area contributed by atoms with E-state index in [0.29, 0.717) is 0 Å². The lowest BCUT2D eigenvalue weighted by molar-refractivity contribution is -0.141. The van der Waals surface area contributed by atoms with Crippen LogP contribution in [0.25, 0.3) is 0 Å². The summed E-state index contributed by atoms with van der Waals surface area (Å²) in [6, 6.07) is 0. The molecule has 0 heterocycles. The van der Waals surface area contributed by atoms with Gasteiger partial charge in [-0.3, -0.25) is 4.79 Å². The minimum Gasteiger partial charge on any atom is -0.468 e. The van der Waals surface area contributed by atoms with E-state index >= 15 is 0 Å². The van der Waals surface area contributed by atoms with Crippen molar-refractivity contribution >= 4 is 15.8 Å². The molecule has 14 heavy (non-hydrogen) atoms. The quantitative estimate of drug-likeness (QED) is 0.665. The molecule has 0 amide bonds. The summed E-state index contributed by atoms with van der Waals surface area (Å²) in [6.07, 6.45) is 0. The lowest BCUT2D eigenvalue weighted by atomic mass is 10.5. The van der Waals surface area contributed by atoms with Gasteiger partial charge in [0, 0.05) is 0 Å². The Morgan fingerprint density at radius 2 is 1.93 bits per heavy atom. The highest BCUT2D eigenvalue weighted by atomic mass is 32.2. The molecule has 0 saturated heterocycles. The zero-order valence-electron chi connectivity index (χ0n) is 6.91. The molecule has 0 aliphatic carbocycles. The second-order valence-corrected chi connectivity index (χ2v) is 4.31. The molecule has 0 rings (SSSR count). The highest BCUT2D eigenvalue weighted by Crippen LogP contribution is 2.27. The van der Waals surface area contributed by atoms with Gasteiger partial charge in [0.15, 0.2) is 5.25 Å². The molecule has 0 aliphatic rings. The van der Waals surface area contributed by atoms with E-state index in [2.05, 4.69) is 4.74 Å². The van der Waals surface area contributed by atoms with Gasteiger partial charge in [0.2, 0.25) is 0 Å². The number of halogens is 3. The van der Waals surface area contributed by atoms with E-state index < -0.39 is 33.2 Å². The molecule has 0 fully saturated rings. The number of ether oxygens (including phenoxy) is 1. The normalized spacial score (nSPS) is 14.9. The van der Waals surface area contributed by atoms with Crippen molar-refractivity contribution in [3.8, 4) is 0 Å². The molecule has 0 radical (unpaired) electrons. The predicted octanol–water partition coefficient (Wildman–Crippen LogP) is -0.545. The number of aliphatic hydroxyl groups is 1. The van der Waals surface area contributed by atoms with Crippen LogP contribution in [0.3, 0.4) is 0 Å². The van der Waals surface area contributed by atoms with Gasteiger partial charge in [0.05, 0.1) is 13.7 Å². The lowest BCUT2D eigenvalue weighted by Gasteiger charge is -2.14. The molecular weight excluding hydrogens is 229 g/mol. The Kier molecular flexibility index (Phi) is 3.89. The molecule has 9 heteroatoms. The van der Waals surface area contributed by atoms with Crippen molar-refractivity contribution in [2.75, 3.05) is 13.7 Å². The number of rotatable bonds is 3. The minimum atomic E-state index is -5.72. The van der Waals surface area contributed by atoms with E-state index in [0.717, 1.165) is 7.11 Å². The van der Waals surface area contributed by atoms with Crippen LogP contribution >= 0.6 is 0 Å². The summed E-state index contributed by atoms with van der Waals surface area (Å²) in [5, 5.41) is 5.73. The van der Waals surface area contributed by atoms with Crippen molar-refractivity contribution in [1.29, 1.82) is 0 Å². The molecule has 1 atom stereocenters. The van der Waals surface area contributed by atoms with Gasteiger partial charge in [-0.2, -0.15) is 13.2 Å². The van der Waals surface area contributed by atoms with Crippen LogP contribution in [0.4, 0.5) is 13.2 Å². The van der Waals surface area contributed by atoms with Gasteiger partial charge in [-0.05, 0) is 0 Å².